The van der Waals surface area contributed by atoms with Gasteiger partial charge in [0.15, 0.2) is 0 Å². The molecule has 2 aliphatic heterocycles. The molecule has 5 rings (SSSR count). The number of ether oxygens (including phenoxy) is 2. The minimum atomic E-state index is 0.0291. The fourth-order valence-electron chi connectivity index (χ4n) is 4.33. The van der Waals surface area contributed by atoms with E-state index in [0.29, 0.717) is 0 Å². The van der Waals surface area contributed by atoms with Gasteiger partial charge in [0.1, 0.15) is 22.6 Å². The van der Waals surface area contributed by atoms with E-state index in [2.05, 4.69) is 24.0 Å². The summed E-state index contributed by atoms with van der Waals surface area (Å²) in [5.74, 6) is 1.68. The van der Waals surface area contributed by atoms with Gasteiger partial charge < -0.3 is 14.4 Å². The third kappa shape index (κ3) is 4.36. The van der Waals surface area contributed by atoms with Crippen LogP contribution in [0, 0.1) is 0 Å². The first-order chi connectivity index (χ1) is 15.6. The standard InChI is InChI=1S/C25H27N3O3S/c1-17-13-19-15-21(30-2)18(14-22(19)31-17)7-8-25(29)28-11-9-27(10-12-28)16-24-26-20-5-3-4-6-23(20)32-24/h3-8,14-15,17H,9-13,16H2,1-2H3/b8-7+. The number of methoxy groups -OCH3 is 1. The van der Waals surface area contributed by atoms with Crippen molar-refractivity contribution in [2.75, 3.05) is 33.3 Å². The van der Waals surface area contributed by atoms with Crippen LogP contribution >= 0.6 is 11.3 Å². The average molecular weight is 450 g/mol. The van der Waals surface area contributed by atoms with Crippen LogP contribution in [0.25, 0.3) is 16.3 Å². The van der Waals surface area contributed by atoms with Crippen molar-refractivity contribution in [1.29, 1.82) is 0 Å². The van der Waals surface area contributed by atoms with Crippen LogP contribution in [-0.2, 0) is 17.8 Å². The number of hydrogen-bond acceptors (Lipinski definition) is 6. The molecular formula is C25H27N3O3S. The van der Waals surface area contributed by atoms with Crippen molar-refractivity contribution >= 4 is 33.5 Å². The number of fused-ring (bicyclic) bond motifs is 2. The SMILES string of the molecule is COc1cc2c(cc1/C=C/C(=O)N1CCN(Cc3nc4ccccc4s3)CC1)OC(C)C2. The van der Waals surface area contributed by atoms with E-state index < -0.39 is 0 Å². The van der Waals surface area contributed by atoms with Crippen LogP contribution in [-0.4, -0.2) is 60.1 Å². The molecule has 6 nitrogen and oxygen atoms in total. The highest BCUT2D eigenvalue weighted by atomic mass is 32.1. The molecule has 2 aliphatic rings. The van der Waals surface area contributed by atoms with Crippen LogP contribution in [0.15, 0.2) is 42.5 Å². The van der Waals surface area contributed by atoms with Crippen LogP contribution in [0.3, 0.4) is 0 Å². The Bertz CT molecular complexity index is 1130. The van der Waals surface area contributed by atoms with Gasteiger partial charge in [-0.15, -0.1) is 11.3 Å². The first-order valence-corrected chi connectivity index (χ1v) is 11.8. The first-order valence-electron chi connectivity index (χ1n) is 11.0. The molecule has 1 unspecified atom stereocenters. The molecule has 166 valence electrons. The van der Waals surface area contributed by atoms with E-state index in [9.17, 15) is 4.79 Å². The van der Waals surface area contributed by atoms with Crippen molar-refractivity contribution in [3.05, 3.63) is 58.6 Å². The van der Waals surface area contributed by atoms with Crippen molar-refractivity contribution < 1.29 is 14.3 Å². The molecular weight excluding hydrogens is 422 g/mol. The summed E-state index contributed by atoms with van der Waals surface area (Å²) in [6.45, 7) is 6.03. The molecule has 2 aromatic carbocycles. The molecule has 32 heavy (non-hydrogen) atoms. The maximum Gasteiger partial charge on any atom is 0.246 e. The molecule has 0 bridgehead atoms. The van der Waals surface area contributed by atoms with Gasteiger partial charge in [-0.1, -0.05) is 12.1 Å². The number of carbonyl (C=O) groups is 1. The number of rotatable bonds is 5. The number of benzene rings is 2. The van der Waals surface area contributed by atoms with Gasteiger partial charge in [-0.3, -0.25) is 9.69 Å². The summed E-state index contributed by atoms with van der Waals surface area (Å²) in [7, 11) is 1.66. The molecule has 0 radical (unpaired) electrons. The predicted octanol–water partition coefficient (Wildman–Crippen LogP) is 3.99. The second kappa shape index (κ2) is 8.92. The maximum atomic E-state index is 12.8. The Labute approximate surface area is 192 Å². The molecule has 3 aromatic rings. The second-order valence-electron chi connectivity index (χ2n) is 8.34. The monoisotopic (exact) mass is 449 g/mol. The molecule has 1 aromatic heterocycles. The third-order valence-electron chi connectivity index (χ3n) is 6.03. The lowest BCUT2D eigenvalue weighted by molar-refractivity contribution is -0.127. The van der Waals surface area contributed by atoms with Crippen LogP contribution in [0.4, 0.5) is 0 Å². The van der Waals surface area contributed by atoms with Crippen molar-refractivity contribution in [2.45, 2.75) is 26.0 Å². The van der Waals surface area contributed by atoms with Crippen LogP contribution in [0.2, 0.25) is 0 Å². The molecule has 1 atom stereocenters. The number of nitrogens with zero attached hydrogens (tertiary/aromatic N) is 3. The van der Waals surface area contributed by atoms with Gasteiger partial charge in [-0.25, -0.2) is 4.98 Å². The van der Waals surface area contributed by atoms with E-state index in [1.165, 1.54) is 4.70 Å². The summed E-state index contributed by atoms with van der Waals surface area (Å²) in [5.41, 5.74) is 3.08. The van der Waals surface area contributed by atoms with Crippen LogP contribution in [0.1, 0.15) is 23.1 Å². The molecule has 1 fully saturated rings. The first kappa shape index (κ1) is 21.0. The molecule has 1 amide bonds. The molecule has 0 N–H and O–H groups in total. The Balaban J connectivity index is 1.19. The van der Waals surface area contributed by atoms with Gasteiger partial charge >= 0.3 is 0 Å². The summed E-state index contributed by atoms with van der Waals surface area (Å²) in [4.78, 5) is 21.8. The van der Waals surface area contributed by atoms with Crippen LogP contribution < -0.4 is 9.47 Å². The molecule has 0 saturated carbocycles. The third-order valence-corrected chi connectivity index (χ3v) is 7.06. The molecule has 0 spiro atoms. The van der Waals surface area contributed by atoms with E-state index in [0.717, 1.165) is 72.3 Å². The van der Waals surface area contributed by atoms with Crippen molar-refractivity contribution in [1.82, 2.24) is 14.8 Å². The van der Waals surface area contributed by atoms with Crippen molar-refractivity contribution in [2.24, 2.45) is 0 Å². The highest BCUT2D eigenvalue weighted by Gasteiger charge is 2.23. The zero-order valence-corrected chi connectivity index (χ0v) is 19.2. The normalized spacial score (nSPS) is 18.8. The molecule has 0 aliphatic carbocycles. The molecule has 1 saturated heterocycles. The Hall–Kier alpha value is -2.90. The number of para-hydroxylation sites is 1. The Morgan fingerprint density at radius 1 is 1.25 bits per heavy atom. The quantitative estimate of drug-likeness (QED) is 0.552. The summed E-state index contributed by atoms with van der Waals surface area (Å²) < 4.78 is 12.6. The molecule has 3 heterocycles. The highest BCUT2D eigenvalue weighted by molar-refractivity contribution is 7.18. The van der Waals surface area contributed by atoms with Crippen LogP contribution in [0.5, 0.6) is 11.5 Å². The minimum Gasteiger partial charge on any atom is -0.496 e. The average Bonchev–Trinajstić information content (AvgIpc) is 3.38. The Kier molecular flexibility index (Phi) is 5.85. The van der Waals surface area contributed by atoms with E-state index in [-0.39, 0.29) is 12.0 Å². The number of carbonyl (C=O) groups excluding carboxylic acids is 1. The largest absolute Gasteiger partial charge is 0.496 e. The molecule has 7 heteroatoms. The van der Waals surface area contributed by atoms with Gasteiger partial charge in [-0.2, -0.15) is 0 Å². The lowest BCUT2D eigenvalue weighted by Crippen LogP contribution is -2.47. The van der Waals surface area contributed by atoms with Gasteiger partial charge in [0, 0.05) is 49.8 Å². The van der Waals surface area contributed by atoms with E-state index >= 15 is 0 Å². The maximum absolute atomic E-state index is 12.8. The van der Waals surface area contributed by atoms with Gasteiger partial charge in [0.05, 0.1) is 23.9 Å². The highest BCUT2D eigenvalue weighted by Crippen LogP contribution is 2.35. The zero-order chi connectivity index (χ0) is 22.1. The fraction of sp³-hybridized carbons (Fsp3) is 0.360. The van der Waals surface area contributed by atoms with Crippen molar-refractivity contribution in [3.8, 4) is 11.5 Å². The topological polar surface area (TPSA) is 54.9 Å². The summed E-state index contributed by atoms with van der Waals surface area (Å²) in [6, 6.07) is 12.2. The smallest absolute Gasteiger partial charge is 0.246 e. The summed E-state index contributed by atoms with van der Waals surface area (Å²) in [5, 5.41) is 1.13. The number of hydrogen-bond donors (Lipinski definition) is 0. The second-order valence-corrected chi connectivity index (χ2v) is 9.46. The number of thiazole rings is 1. The predicted molar refractivity (Wildman–Crippen MR) is 127 cm³/mol. The van der Waals surface area contributed by atoms with E-state index in [1.807, 2.05) is 35.2 Å². The lowest BCUT2D eigenvalue weighted by Gasteiger charge is -2.33. The minimum absolute atomic E-state index is 0.0291. The summed E-state index contributed by atoms with van der Waals surface area (Å²) in [6.07, 6.45) is 4.54. The Morgan fingerprint density at radius 2 is 2.06 bits per heavy atom. The van der Waals surface area contributed by atoms with E-state index in [1.54, 1.807) is 24.5 Å². The van der Waals surface area contributed by atoms with Gasteiger partial charge in [0.25, 0.3) is 0 Å². The fourth-order valence-corrected chi connectivity index (χ4v) is 5.34. The summed E-state index contributed by atoms with van der Waals surface area (Å²) >= 11 is 1.75. The number of aromatic nitrogens is 1. The zero-order valence-electron chi connectivity index (χ0n) is 18.4. The number of amides is 1. The number of piperazine rings is 1. The lowest BCUT2D eigenvalue weighted by atomic mass is 10.1. The van der Waals surface area contributed by atoms with Crippen molar-refractivity contribution in [3.63, 3.8) is 0 Å². The Morgan fingerprint density at radius 3 is 2.84 bits per heavy atom. The van der Waals surface area contributed by atoms with Gasteiger partial charge in [-0.05, 0) is 37.3 Å². The van der Waals surface area contributed by atoms with Gasteiger partial charge in [0.2, 0.25) is 5.91 Å². The van der Waals surface area contributed by atoms with E-state index in [4.69, 9.17) is 14.5 Å².